The van der Waals surface area contributed by atoms with E-state index in [-0.39, 0.29) is 42.6 Å². The molecule has 6 N–H and O–H groups in total. The zero-order chi connectivity index (χ0) is 31.3. The number of anilines is 1. The van der Waals surface area contributed by atoms with Gasteiger partial charge in [0.2, 0.25) is 10.6 Å². The van der Waals surface area contributed by atoms with Crippen LogP contribution in [0.1, 0.15) is 37.7 Å². The summed E-state index contributed by atoms with van der Waals surface area (Å²) in [5, 5.41) is 40.8. The number of halogens is 1. The lowest BCUT2D eigenvalue weighted by Gasteiger charge is -2.34. The molecular formula is C23H35ClN9O10P. The molecule has 3 aromatic rings. The molecule has 1 aliphatic carbocycles. The zero-order valence-corrected chi connectivity index (χ0v) is 25.4. The van der Waals surface area contributed by atoms with Gasteiger partial charge in [-0.1, -0.05) is 18.1 Å². The van der Waals surface area contributed by atoms with Gasteiger partial charge in [-0.15, -0.1) is 10.2 Å². The Morgan fingerprint density at radius 3 is 2.66 bits per heavy atom. The molecule has 5 atom stereocenters. The van der Waals surface area contributed by atoms with Crippen LogP contribution in [0.2, 0.25) is 5.28 Å². The smallest absolute Gasteiger partial charge is 0.361 e. The van der Waals surface area contributed by atoms with Gasteiger partial charge in [0.25, 0.3) is 0 Å². The van der Waals surface area contributed by atoms with Crippen LogP contribution in [0.15, 0.2) is 6.20 Å². The van der Waals surface area contributed by atoms with Gasteiger partial charge in [0.15, 0.2) is 17.7 Å². The van der Waals surface area contributed by atoms with Crippen molar-refractivity contribution in [1.29, 1.82) is 0 Å². The molecule has 1 aliphatic heterocycles. The number of rotatable bonds is 16. The maximum atomic E-state index is 12.8. The Balaban J connectivity index is 1.32. The van der Waals surface area contributed by atoms with E-state index in [1.807, 2.05) is 0 Å². The van der Waals surface area contributed by atoms with Gasteiger partial charge in [-0.3, -0.25) is 4.57 Å². The van der Waals surface area contributed by atoms with Crippen LogP contribution in [0.3, 0.4) is 0 Å². The molecule has 19 nitrogen and oxygen atoms in total. The van der Waals surface area contributed by atoms with Gasteiger partial charge in [-0.05, 0) is 24.4 Å². The Morgan fingerprint density at radius 2 is 1.95 bits per heavy atom. The number of tetrazole rings is 1. The molecule has 2 aliphatic rings. The van der Waals surface area contributed by atoms with Crippen molar-refractivity contribution in [3.05, 3.63) is 17.3 Å². The van der Waals surface area contributed by atoms with E-state index in [1.165, 1.54) is 18.0 Å². The minimum Gasteiger partial charge on any atom is -0.387 e. The van der Waals surface area contributed by atoms with Gasteiger partial charge in [0.1, 0.15) is 30.7 Å². The zero-order valence-electron chi connectivity index (χ0n) is 23.7. The third kappa shape index (κ3) is 7.34. The van der Waals surface area contributed by atoms with Crippen LogP contribution in [0.5, 0.6) is 0 Å². The van der Waals surface area contributed by atoms with Gasteiger partial charge in [0, 0.05) is 13.2 Å². The largest absolute Gasteiger partial charge is 0.387 e. The second kappa shape index (κ2) is 14.3. The number of aliphatic hydroxyl groups is 2. The third-order valence-corrected chi connectivity index (χ3v) is 9.07. The predicted molar refractivity (Wildman–Crippen MR) is 149 cm³/mol. The summed E-state index contributed by atoms with van der Waals surface area (Å²) in [7, 11) is -3.66. The topological polar surface area (TPSA) is 254 Å². The molecule has 21 heteroatoms. The normalized spacial score (nSPS) is 24.3. The highest BCUT2D eigenvalue weighted by molar-refractivity contribution is 7.53. The Bertz CT molecular complexity index is 1410. The number of aliphatic hydroxyl groups excluding tert-OH is 2. The minimum atomic E-state index is -5.11. The summed E-state index contributed by atoms with van der Waals surface area (Å²) >= 11 is 6.22. The highest BCUT2D eigenvalue weighted by atomic mass is 35.5. The average Bonchev–Trinajstić information content (AvgIpc) is 3.79. The van der Waals surface area contributed by atoms with Crippen molar-refractivity contribution in [1.82, 2.24) is 40.4 Å². The van der Waals surface area contributed by atoms with E-state index in [2.05, 4.69) is 41.0 Å². The Morgan fingerprint density at radius 1 is 1.18 bits per heavy atom. The molecule has 0 spiro atoms. The minimum absolute atomic E-state index is 0.00414. The van der Waals surface area contributed by atoms with Gasteiger partial charge in [0.05, 0.1) is 44.6 Å². The second-order valence-electron chi connectivity index (χ2n) is 10.5. The first-order valence-electron chi connectivity index (χ1n) is 13.9. The molecule has 44 heavy (non-hydrogen) atoms. The third-order valence-electron chi connectivity index (χ3n) is 7.46. The number of nitrogens with zero attached hydrogens (tertiary/aromatic N) is 7. The van der Waals surface area contributed by atoms with Crippen molar-refractivity contribution in [2.45, 2.75) is 68.2 Å². The Hall–Kier alpha value is -2.42. The summed E-state index contributed by atoms with van der Waals surface area (Å²) in [4.78, 5) is 29.3. The van der Waals surface area contributed by atoms with Gasteiger partial charge in [-0.2, -0.15) is 20.3 Å². The molecular weight excluding hydrogens is 629 g/mol. The predicted octanol–water partition coefficient (Wildman–Crippen LogP) is -0.263. The first-order valence-corrected chi connectivity index (χ1v) is 15.9. The highest BCUT2D eigenvalue weighted by Crippen LogP contribution is 2.52. The number of nitrogens with one attached hydrogen (secondary N) is 2. The van der Waals surface area contributed by atoms with E-state index in [9.17, 15) is 24.6 Å². The number of hydrogen-bond donors (Lipinski definition) is 6. The molecule has 244 valence electrons. The number of methoxy groups -OCH3 is 1. The average molecular weight is 664 g/mol. The Kier molecular flexibility index (Phi) is 10.7. The van der Waals surface area contributed by atoms with Crippen LogP contribution in [-0.2, 0) is 34.9 Å². The summed E-state index contributed by atoms with van der Waals surface area (Å²) in [6.45, 7) is -1.89. The number of H-pyrrole nitrogens is 1. The van der Waals surface area contributed by atoms with Crippen LogP contribution in [0, 0.1) is 0 Å². The summed E-state index contributed by atoms with van der Waals surface area (Å²) in [6, 6.07) is 0.230. The maximum Gasteiger partial charge on any atom is 0.361 e. The molecule has 1 saturated carbocycles. The Labute approximate surface area is 255 Å². The lowest BCUT2D eigenvalue weighted by molar-refractivity contribution is -0.140. The van der Waals surface area contributed by atoms with Crippen molar-refractivity contribution in [3.8, 4) is 0 Å². The number of ether oxygens (including phenoxy) is 5. The summed E-state index contributed by atoms with van der Waals surface area (Å²) in [5.41, 5.74) is 0.259. The van der Waals surface area contributed by atoms with Crippen LogP contribution in [0.25, 0.3) is 11.0 Å². The molecule has 1 saturated heterocycles. The van der Waals surface area contributed by atoms with Crippen LogP contribution in [0.4, 0.5) is 5.82 Å². The van der Waals surface area contributed by atoms with E-state index in [0.29, 0.717) is 11.2 Å². The molecule has 4 heterocycles. The molecule has 0 amide bonds. The summed E-state index contributed by atoms with van der Waals surface area (Å²) in [6.07, 6.45) is 0.178. The molecule has 0 unspecified atom stereocenters. The van der Waals surface area contributed by atoms with Crippen LogP contribution >= 0.6 is 19.2 Å². The van der Waals surface area contributed by atoms with Crippen LogP contribution < -0.4 is 5.32 Å². The van der Waals surface area contributed by atoms with Crippen molar-refractivity contribution >= 4 is 36.0 Å². The number of hydrogen-bond acceptors (Lipinski definition) is 15. The molecule has 0 radical (unpaired) electrons. The fraction of sp³-hybridized carbons (Fsp3) is 0.739. The SMILES string of the molecule is COCCOC[C@@](COCc1nn[nH]n1)(OC[C@H]1O[C@@H](n2ncc3c(NC4CCCC4)nc(Cl)nc32)[C@H](O)[C@@H]1O)P(=O)(O)O. The fourth-order valence-electron chi connectivity index (χ4n) is 5.06. The van der Waals surface area contributed by atoms with E-state index < -0.39 is 57.3 Å². The highest BCUT2D eigenvalue weighted by Gasteiger charge is 2.52. The van der Waals surface area contributed by atoms with Crippen LogP contribution in [-0.4, -0.2) is 130 Å². The molecule has 5 rings (SSSR count). The van der Waals surface area contributed by atoms with Gasteiger partial charge in [-0.25, -0.2) is 4.68 Å². The summed E-state index contributed by atoms with van der Waals surface area (Å²) < 4.78 is 41.6. The van der Waals surface area contributed by atoms with E-state index in [0.717, 1.165) is 25.7 Å². The number of aromatic nitrogens is 8. The molecule has 3 aromatic heterocycles. The lowest BCUT2D eigenvalue weighted by Crippen LogP contribution is -2.46. The maximum absolute atomic E-state index is 12.8. The van der Waals surface area contributed by atoms with Crippen molar-refractivity contribution in [2.24, 2.45) is 0 Å². The van der Waals surface area contributed by atoms with E-state index >= 15 is 0 Å². The number of fused-ring (bicyclic) bond motifs is 1. The number of aromatic amines is 1. The second-order valence-corrected chi connectivity index (χ2v) is 12.7. The molecule has 0 aromatic carbocycles. The first kappa shape index (κ1) is 33.0. The lowest BCUT2D eigenvalue weighted by atomic mass is 10.1. The molecule has 0 bridgehead atoms. The monoisotopic (exact) mass is 663 g/mol. The van der Waals surface area contributed by atoms with Gasteiger partial charge >= 0.3 is 7.60 Å². The van der Waals surface area contributed by atoms with Crippen molar-refractivity contribution in [3.63, 3.8) is 0 Å². The van der Waals surface area contributed by atoms with Crippen molar-refractivity contribution < 1.29 is 48.2 Å². The standard InChI is InChI=1S/C23H35ClN9O10P/c1-39-6-7-40-11-23(44(36,37)38,12-41-10-16-29-31-32-30-16)42-9-15-17(34)18(35)21(43-15)33-20-14(8-25-33)19(27-22(24)28-20)26-13-4-2-3-5-13/h8,13,15,17-18,21,34-35H,2-7,9-12H2,1H3,(H,26,27,28)(H2,36,37,38)(H,29,30,31,32)/t15-,17-,18-,21-,23-/m1/s1. The van der Waals surface area contributed by atoms with Crippen molar-refractivity contribution in [2.75, 3.05) is 45.5 Å². The first-order chi connectivity index (χ1) is 21.1. The van der Waals surface area contributed by atoms with E-state index in [1.54, 1.807) is 0 Å². The van der Waals surface area contributed by atoms with Gasteiger partial charge < -0.3 is 49.0 Å². The molecule has 2 fully saturated rings. The fourth-order valence-corrected chi connectivity index (χ4v) is 5.99. The summed E-state index contributed by atoms with van der Waals surface area (Å²) in [5.74, 6) is 0.633. The quantitative estimate of drug-likeness (QED) is 0.0655. The van der Waals surface area contributed by atoms with E-state index in [4.69, 9.17) is 35.3 Å².